The molecule has 0 aromatic heterocycles. The van der Waals surface area contributed by atoms with Crippen LogP contribution in [-0.2, 0) is 65.4 Å². The highest BCUT2D eigenvalue weighted by atomic mass is 31.2. The molecule has 0 bridgehead atoms. The Morgan fingerprint density at radius 1 is 0.284 bits per heavy atom. The molecule has 0 aliphatic rings. The Bertz CT molecular complexity index is 1960. The molecule has 3 unspecified atom stereocenters. The minimum Gasteiger partial charge on any atom is -0.462 e. The number of carbonyl (C=O) groups excluding carboxylic acids is 4. The molecule has 0 saturated heterocycles. The molecule has 0 rings (SSSR count). The zero-order chi connectivity index (χ0) is 74.9. The van der Waals surface area contributed by atoms with E-state index in [1.54, 1.807) is 0 Å². The Morgan fingerprint density at radius 3 is 0.745 bits per heavy atom. The molecule has 0 radical (unpaired) electrons. The number of hydrogen-bond acceptors (Lipinski definition) is 15. The lowest BCUT2D eigenvalue weighted by molar-refractivity contribution is -0.161. The molecule has 0 aliphatic carbocycles. The number of rotatable bonds is 82. The van der Waals surface area contributed by atoms with Crippen molar-refractivity contribution >= 4 is 39.5 Å². The highest BCUT2D eigenvalue weighted by Gasteiger charge is 2.30. The van der Waals surface area contributed by atoms with Crippen molar-refractivity contribution in [3.63, 3.8) is 0 Å². The summed E-state index contributed by atoms with van der Waals surface area (Å²) in [5, 5.41) is 10.7. The van der Waals surface area contributed by atoms with E-state index in [2.05, 4.69) is 41.5 Å². The number of aliphatic hydroxyl groups is 1. The van der Waals surface area contributed by atoms with Crippen molar-refractivity contribution in [2.24, 2.45) is 11.8 Å². The third-order valence-electron chi connectivity index (χ3n) is 19.8. The van der Waals surface area contributed by atoms with Crippen molar-refractivity contribution in [1.82, 2.24) is 0 Å². The molecule has 0 spiro atoms. The first kappa shape index (κ1) is 100. The highest BCUT2D eigenvalue weighted by molar-refractivity contribution is 7.47. The van der Waals surface area contributed by atoms with Gasteiger partial charge in [-0.15, -0.1) is 0 Å². The summed E-state index contributed by atoms with van der Waals surface area (Å²) in [5.41, 5.74) is 0. The number of hydrogen-bond donors (Lipinski definition) is 3. The van der Waals surface area contributed by atoms with E-state index in [0.29, 0.717) is 25.7 Å². The molecule has 6 atom stereocenters. The van der Waals surface area contributed by atoms with Crippen LogP contribution < -0.4 is 0 Å². The number of carbonyl (C=O) groups is 4. The highest BCUT2D eigenvalue weighted by Crippen LogP contribution is 2.45. The van der Waals surface area contributed by atoms with Gasteiger partial charge in [0, 0.05) is 25.7 Å². The number of phosphoric acid groups is 2. The van der Waals surface area contributed by atoms with Gasteiger partial charge in [-0.1, -0.05) is 388 Å². The third kappa shape index (κ3) is 74.9. The predicted molar refractivity (Wildman–Crippen MR) is 418 cm³/mol. The lowest BCUT2D eigenvalue weighted by atomic mass is 9.99. The lowest BCUT2D eigenvalue weighted by Gasteiger charge is -2.21. The molecule has 0 aliphatic heterocycles. The minimum atomic E-state index is -4.96. The van der Waals surface area contributed by atoms with E-state index in [9.17, 15) is 43.2 Å². The first-order valence-corrected chi connectivity index (χ1v) is 46.0. The second-order valence-corrected chi connectivity index (χ2v) is 33.5. The number of phosphoric ester groups is 2. The maximum atomic E-state index is 13.1. The molecule has 0 amide bonds. The van der Waals surface area contributed by atoms with Gasteiger partial charge in [-0.2, -0.15) is 0 Å². The summed E-state index contributed by atoms with van der Waals surface area (Å²) in [5.74, 6) is -0.594. The van der Waals surface area contributed by atoms with Crippen LogP contribution in [0.15, 0.2) is 0 Å². The Labute approximate surface area is 626 Å². The van der Waals surface area contributed by atoms with Crippen molar-refractivity contribution < 1.29 is 80.2 Å². The zero-order valence-electron chi connectivity index (χ0n) is 66.9. The molecular formula is C83H162O17P2. The molecule has 19 heteroatoms. The van der Waals surface area contributed by atoms with Crippen LogP contribution in [0.1, 0.15) is 440 Å². The number of ether oxygens (including phenoxy) is 4. The second-order valence-electron chi connectivity index (χ2n) is 30.6. The zero-order valence-corrected chi connectivity index (χ0v) is 68.7. The predicted octanol–water partition coefficient (Wildman–Crippen LogP) is 25.1. The monoisotopic (exact) mass is 1490 g/mol. The van der Waals surface area contributed by atoms with E-state index in [4.69, 9.17) is 37.0 Å². The Morgan fingerprint density at radius 2 is 0.500 bits per heavy atom. The van der Waals surface area contributed by atoms with Gasteiger partial charge in [0.15, 0.2) is 12.2 Å². The number of esters is 4. The van der Waals surface area contributed by atoms with Crippen molar-refractivity contribution in [1.29, 1.82) is 0 Å². The van der Waals surface area contributed by atoms with Crippen LogP contribution in [0.3, 0.4) is 0 Å². The molecule has 102 heavy (non-hydrogen) atoms. The molecule has 17 nitrogen and oxygen atoms in total. The van der Waals surface area contributed by atoms with Gasteiger partial charge in [0.05, 0.1) is 26.4 Å². The van der Waals surface area contributed by atoms with E-state index < -0.39 is 97.5 Å². The standard InChI is InChI=1S/C83H162O17P2/c1-7-10-12-14-16-18-20-22-24-26-27-28-29-30-31-33-35-37-41-49-55-61-67-82(87)99-78(71-93-80(85)65-59-53-47-40-36-34-32-25-23-21-19-17-15-13-11-8-2)73-97-101(89,90)95-69-77(84)70-96-102(91,92)98-74-79(100-83(88)68-62-56-50-42-38-39-45-51-57-63-75(4)5)72-94-81(86)66-60-54-48-44-43-46-52-58-64-76(6)9-3/h75-79,84H,7-74H2,1-6H3,(H,89,90)(H,91,92)/t76?,77-,78-,79-/m1/s1. The topological polar surface area (TPSA) is 237 Å². The fraction of sp³-hybridized carbons (Fsp3) is 0.952. The smallest absolute Gasteiger partial charge is 0.462 e. The maximum Gasteiger partial charge on any atom is 0.472 e. The normalized spacial score (nSPS) is 14.1. The largest absolute Gasteiger partial charge is 0.472 e. The summed E-state index contributed by atoms with van der Waals surface area (Å²) >= 11 is 0. The SMILES string of the molecule is CCCCCCCCCCCCCCCCCCCCCCCCC(=O)O[C@H](COC(=O)CCCCCCCCCCCCCCCCCC)COP(=O)(O)OC[C@@H](O)COP(=O)(O)OC[C@@H](COC(=O)CCCCCCCCCCC(C)CC)OC(=O)CCCCCCCCCCCC(C)C. The first-order chi connectivity index (χ1) is 49.4. The van der Waals surface area contributed by atoms with Gasteiger partial charge in [0.2, 0.25) is 0 Å². The van der Waals surface area contributed by atoms with Gasteiger partial charge in [0.25, 0.3) is 0 Å². The molecule has 0 aromatic carbocycles. The van der Waals surface area contributed by atoms with Crippen LogP contribution in [0.2, 0.25) is 0 Å². The molecule has 606 valence electrons. The van der Waals surface area contributed by atoms with E-state index in [1.807, 2.05) is 0 Å². The van der Waals surface area contributed by atoms with E-state index >= 15 is 0 Å². The van der Waals surface area contributed by atoms with E-state index in [1.165, 1.54) is 257 Å². The van der Waals surface area contributed by atoms with Gasteiger partial charge in [-0.05, 0) is 37.5 Å². The van der Waals surface area contributed by atoms with Gasteiger partial charge in [-0.3, -0.25) is 37.3 Å². The Balaban J connectivity index is 5.22. The van der Waals surface area contributed by atoms with Crippen LogP contribution in [0.5, 0.6) is 0 Å². The van der Waals surface area contributed by atoms with Crippen LogP contribution >= 0.6 is 15.6 Å². The fourth-order valence-corrected chi connectivity index (χ4v) is 14.4. The molecule has 0 heterocycles. The average Bonchev–Trinajstić information content (AvgIpc) is 0.975. The van der Waals surface area contributed by atoms with E-state index in [-0.39, 0.29) is 25.7 Å². The molecule has 0 saturated carbocycles. The van der Waals surface area contributed by atoms with Crippen molar-refractivity contribution in [3.05, 3.63) is 0 Å². The van der Waals surface area contributed by atoms with Crippen molar-refractivity contribution in [3.8, 4) is 0 Å². The molecule has 0 aromatic rings. The van der Waals surface area contributed by atoms with Crippen LogP contribution in [0.25, 0.3) is 0 Å². The number of unbranched alkanes of at least 4 members (excludes halogenated alkanes) is 51. The second kappa shape index (κ2) is 74.5. The Kier molecular flexibility index (Phi) is 73.1. The summed E-state index contributed by atoms with van der Waals surface area (Å²) < 4.78 is 68.8. The average molecular weight is 1490 g/mol. The summed E-state index contributed by atoms with van der Waals surface area (Å²) in [6.45, 7) is 9.62. The third-order valence-corrected chi connectivity index (χ3v) is 21.7. The maximum absolute atomic E-state index is 13.1. The minimum absolute atomic E-state index is 0.105. The van der Waals surface area contributed by atoms with Crippen LogP contribution in [-0.4, -0.2) is 96.7 Å². The number of aliphatic hydroxyl groups excluding tert-OH is 1. The van der Waals surface area contributed by atoms with Gasteiger partial charge in [-0.25, -0.2) is 9.13 Å². The van der Waals surface area contributed by atoms with Crippen molar-refractivity contribution in [2.75, 3.05) is 39.6 Å². The first-order valence-electron chi connectivity index (χ1n) is 43.0. The van der Waals surface area contributed by atoms with Gasteiger partial charge in [0.1, 0.15) is 19.3 Å². The molecular weight excluding hydrogens is 1330 g/mol. The van der Waals surface area contributed by atoms with Gasteiger partial charge < -0.3 is 33.8 Å². The quantitative estimate of drug-likeness (QED) is 0.0222. The van der Waals surface area contributed by atoms with Crippen LogP contribution in [0.4, 0.5) is 0 Å². The summed E-state index contributed by atoms with van der Waals surface area (Å²) in [7, 11) is -9.92. The fourth-order valence-electron chi connectivity index (χ4n) is 12.9. The van der Waals surface area contributed by atoms with Gasteiger partial charge >= 0.3 is 39.5 Å². The lowest BCUT2D eigenvalue weighted by Crippen LogP contribution is -2.30. The molecule has 3 N–H and O–H groups in total. The summed E-state index contributed by atoms with van der Waals surface area (Å²) in [4.78, 5) is 73.1. The van der Waals surface area contributed by atoms with Crippen LogP contribution in [0, 0.1) is 11.8 Å². The van der Waals surface area contributed by atoms with E-state index in [0.717, 1.165) is 102 Å². The van der Waals surface area contributed by atoms with Crippen molar-refractivity contribution in [2.45, 2.75) is 458 Å². The Hall–Kier alpha value is -1.94. The summed E-state index contributed by atoms with van der Waals surface area (Å²) in [6, 6.07) is 0. The summed E-state index contributed by atoms with van der Waals surface area (Å²) in [6.07, 6.45) is 65.3. The molecule has 0 fully saturated rings.